The highest BCUT2D eigenvalue weighted by molar-refractivity contribution is 7.89. The summed E-state index contributed by atoms with van der Waals surface area (Å²) in [7, 11) is -3.52. The molecule has 2 rings (SSSR count). The largest absolute Gasteiger partial charge is 0.326 e. The lowest BCUT2D eigenvalue weighted by atomic mass is 10.2. The lowest BCUT2D eigenvalue weighted by Gasteiger charge is -2.06. The fraction of sp³-hybridized carbons (Fsp3) is 0.167. The molecule has 0 amide bonds. The molecule has 4 nitrogen and oxygen atoms in total. The molecular formula is C12H13ClN2O2S2. The molecule has 102 valence electrons. The highest BCUT2D eigenvalue weighted by atomic mass is 35.5. The molecule has 0 saturated carbocycles. The summed E-state index contributed by atoms with van der Waals surface area (Å²) in [6.07, 6.45) is 0. The van der Waals surface area contributed by atoms with E-state index in [9.17, 15) is 8.42 Å². The third kappa shape index (κ3) is 3.77. The summed E-state index contributed by atoms with van der Waals surface area (Å²) in [4.78, 5) is 1.08. The van der Waals surface area contributed by atoms with Crippen LogP contribution >= 0.6 is 22.9 Å². The Kier molecular flexibility index (Phi) is 4.59. The molecule has 1 heterocycles. The van der Waals surface area contributed by atoms with Gasteiger partial charge in [0.15, 0.2) is 0 Å². The van der Waals surface area contributed by atoms with Crippen LogP contribution in [0.15, 0.2) is 41.3 Å². The summed E-state index contributed by atoms with van der Waals surface area (Å²) in [5, 5.41) is 0. The number of hydrogen-bond donors (Lipinski definition) is 2. The van der Waals surface area contributed by atoms with Gasteiger partial charge in [-0.2, -0.15) is 0 Å². The van der Waals surface area contributed by atoms with Crippen molar-refractivity contribution in [3.05, 3.63) is 51.2 Å². The number of thiophene rings is 1. The average molecular weight is 317 g/mol. The second-order valence-electron chi connectivity index (χ2n) is 3.88. The van der Waals surface area contributed by atoms with E-state index in [1.807, 2.05) is 0 Å². The maximum atomic E-state index is 12.1. The number of hydrogen-bond acceptors (Lipinski definition) is 4. The highest BCUT2D eigenvalue weighted by Crippen LogP contribution is 2.21. The van der Waals surface area contributed by atoms with Gasteiger partial charge < -0.3 is 5.73 Å². The number of benzene rings is 1. The zero-order valence-corrected chi connectivity index (χ0v) is 12.4. The lowest BCUT2D eigenvalue weighted by molar-refractivity contribution is 0.581. The van der Waals surface area contributed by atoms with Gasteiger partial charge in [0.05, 0.1) is 9.23 Å². The first-order chi connectivity index (χ1) is 9.01. The van der Waals surface area contributed by atoms with Gasteiger partial charge in [-0.1, -0.05) is 23.7 Å². The number of rotatable bonds is 5. The standard InChI is InChI=1S/C12H13ClN2O2S2/c13-12-5-4-10(18-12)8-15-19(16,17)11-3-1-2-9(6-11)7-14/h1-6,15H,7-8,14H2. The molecule has 0 unspecified atom stereocenters. The summed E-state index contributed by atoms with van der Waals surface area (Å²) in [5.74, 6) is 0. The average Bonchev–Trinajstić information content (AvgIpc) is 2.82. The Balaban J connectivity index is 2.13. The maximum Gasteiger partial charge on any atom is 0.240 e. The fourth-order valence-electron chi connectivity index (χ4n) is 1.54. The van der Waals surface area contributed by atoms with Crippen LogP contribution in [0.1, 0.15) is 10.4 Å². The Morgan fingerprint density at radius 1 is 1.26 bits per heavy atom. The third-order valence-electron chi connectivity index (χ3n) is 2.51. The molecule has 1 aromatic heterocycles. The van der Waals surface area contributed by atoms with Crippen molar-refractivity contribution >= 4 is 33.0 Å². The number of halogens is 1. The van der Waals surface area contributed by atoms with Crippen LogP contribution in [0.5, 0.6) is 0 Å². The minimum atomic E-state index is -3.52. The second kappa shape index (κ2) is 6.02. The van der Waals surface area contributed by atoms with Crippen LogP contribution in [0.25, 0.3) is 0 Å². The van der Waals surface area contributed by atoms with Gasteiger partial charge in [0.25, 0.3) is 0 Å². The van der Waals surface area contributed by atoms with Crippen LogP contribution in [-0.2, 0) is 23.1 Å². The monoisotopic (exact) mass is 316 g/mol. The van der Waals surface area contributed by atoms with Gasteiger partial charge in [-0.25, -0.2) is 13.1 Å². The lowest BCUT2D eigenvalue weighted by Crippen LogP contribution is -2.23. The number of sulfonamides is 1. The zero-order chi connectivity index (χ0) is 13.9. The van der Waals surface area contributed by atoms with E-state index in [4.69, 9.17) is 17.3 Å². The van der Waals surface area contributed by atoms with Crippen LogP contribution in [0.3, 0.4) is 0 Å². The van der Waals surface area contributed by atoms with Crippen molar-refractivity contribution < 1.29 is 8.42 Å². The number of nitrogens with two attached hydrogens (primary N) is 1. The van der Waals surface area contributed by atoms with Crippen molar-refractivity contribution in [3.63, 3.8) is 0 Å². The Hall–Kier alpha value is -0.920. The van der Waals surface area contributed by atoms with Gasteiger partial charge in [-0.05, 0) is 29.8 Å². The molecule has 19 heavy (non-hydrogen) atoms. The van der Waals surface area contributed by atoms with Crippen LogP contribution in [0.2, 0.25) is 4.34 Å². The molecule has 0 atom stereocenters. The fourth-order valence-corrected chi connectivity index (χ4v) is 3.73. The van der Waals surface area contributed by atoms with E-state index < -0.39 is 10.0 Å². The Morgan fingerprint density at radius 2 is 2.05 bits per heavy atom. The van der Waals surface area contributed by atoms with E-state index in [0.29, 0.717) is 10.9 Å². The SMILES string of the molecule is NCc1cccc(S(=O)(=O)NCc2ccc(Cl)s2)c1. The van der Waals surface area contributed by atoms with E-state index in [2.05, 4.69) is 4.72 Å². The molecule has 2 aromatic rings. The second-order valence-corrected chi connectivity index (χ2v) is 7.45. The van der Waals surface area contributed by atoms with Crippen LogP contribution in [0.4, 0.5) is 0 Å². The van der Waals surface area contributed by atoms with Crippen LogP contribution in [0, 0.1) is 0 Å². The quantitative estimate of drug-likeness (QED) is 0.889. The first-order valence-electron chi connectivity index (χ1n) is 5.54. The summed E-state index contributed by atoms with van der Waals surface area (Å²) in [6, 6.07) is 10.1. The van der Waals surface area contributed by atoms with Gasteiger partial charge >= 0.3 is 0 Å². The minimum Gasteiger partial charge on any atom is -0.326 e. The zero-order valence-electron chi connectivity index (χ0n) is 9.97. The Morgan fingerprint density at radius 3 is 2.68 bits per heavy atom. The molecule has 1 aromatic carbocycles. The van der Waals surface area contributed by atoms with Crippen molar-refractivity contribution in [3.8, 4) is 0 Å². The van der Waals surface area contributed by atoms with Gasteiger partial charge in [0.1, 0.15) is 0 Å². The molecular weight excluding hydrogens is 304 g/mol. The summed E-state index contributed by atoms with van der Waals surface area (Å²) in [5.41, 5.74) is 6.28. The predicted molar refractivity (Wildman–Crippen MR) is 77.7 cm³/mol. The summed E-state index contributed by atoms with van der Waals surface area (Å²) < 4.78 is 27.4. The summed E-state index contributed by atoms with van der Waals surface area (Å²) in [6.45, 7) is 0.538. The topological polar surface area (TPSA) is 72.2 Å². The van der Waals surface area contributed by atoms with Crippen molar-refractivity contribution in [2.24, 2.45) is 5.73 Å². The molecule has 0 radical (unpaired) electrons. The summed E-state index contributed by atoms with van der Waals surface area (Å²) >= 11 is 7.14. The molecule has 0 saturated heterocycles. The normalized spacial score (nSPS) is 11.7. The molecule has 0 aliphatic rings. The van der Waals surface area contributed by atoms with E-state index in [0.717, 1.165) is 10.4 Å². The van der Waals surface area contributed by atoms with Crippen LogP contribution in [-0.4, -0.2) is 8.42 Å². The maximum absolute atomic E-state index is 12.1. The van der Waals surface area contributed by atoms with Gasteiger partial charge in [0, 0.05) is 18.0 Å². The number of nitrogens with one attached hydrogen (secondary N) is 1. The molecule has 0 aliphatic carbocycles. The molecule has 0 aliphatic heterocycles. The van der Waals surface area contributed by atoms with E-state index in [1.165, 1.54) is 11.3 Å². The first-order valence-corrected chi connectivity index (χ1v) is 8.22. The van der Waals surface area contributed by atoms with Crippen molar-refractivity contribution in [1.82, 2.24) is 4.72 Å². The molecule has 0 fully saturated rings. The van der Waals surface area contributed by atoms with E-state index in [-0.39, 0.29) is 11.4 Å². The van der Waals surface area contributed by atoms with Crippen molar-refractivity contribution in [1.29, 1.82) is 0 Å². The van der Waals surface area contributed by atoms with Gasteiger partial charge in [0.2, 0.25) is 10.0 Å². The molecule has 0 bridgehead atoms. The highest BCUT2D eigenvalue weighted by Gasteiger charge is 2.14. The molecule has 0 spiro atoms. The Bertz CT molecular complexity index is 668. The molecule has 7 heteroatoms. The smallest absolute Gasteiger partial charge is 0.240 e. The van der Waals surface area contributed by atoms with Crippen molar-refractivity contribution in [2.45, 2.75) is 18.0 Å². The predicted octanol–water partition coefficient (Wildman–Crippen LogP) is 2.34. The first kappa shape index (κ1) is 14.5. The van der Waals surface area contributed by atoms with Crippen LogP contribution < -0.4 is 10.5 Å². The van der Waals surface area contributed by atoms with Gasteiger partial charge in [-0.15, -0.1) is 11.3 Å². The molecule has 3 N–H and O–H groups in total. The van der Waals surface area contributed by atoms with Crippen molar-refractivity contribution in [2.75, 3.05) is 0 Å². The third-order valence-corrected chi connectivity index (χ3v) is 5.14. The van der Waals surface area contributed by atoms with Gasteiger partial charge in [-0.3, -0.25) is 0 Å². The van der Waals surface area contributed by atoms with E-state index >= 15 is 0 Å². The minimum absolute atomic E-state index is 0.220. The van der Waals surface area contributed by atoms with E-state index in [1.54, 1.807) is 36.4 Å². The Labute approximate surface area is 121 Å².